The Kier molecular flexibility index (Phi) is 4.03. The average Bonchev–Trinajstić information content (AvgIpc) is 3.08. The second-order valence-electron chi connectivity index (χ2n) is 5.68. The number of oxazole rings is 1. The van der Waals surface area contributed by atoms with Crippen molar-refractivity contribution in [3.63, 3.8) is 0 Å². The van der Waals surface area contributed by atoms with Gasteiger partial charge in [0.2, 0.25) is 5.89 Å². The molecule has 1 saturated heterocycles. The standard InChI is InChI=1S/C14H21N5O2/c1-9(2)11-6-15-13(21-11)8-19-4-5-20-12(7-19)14-16-10(3)17-18-14/h6,9,12H,4-5,7-8H2,1-3H3,(H,16,17,18)/t12-/m1/s1. The molecule has 3 heterocycles. The van der Waals surface area contributed by atoms with E-state index in [-0.39, 0.29) is 6.10 Å². The van der Waals surface area contributed by atoms with Gasteiger partial charge in [-0.2, -0.15) is 5.10 Å². The number of nitrogens with zero attached hydrogens (tertiary/aromatic N) is 4. The van der Waals surface area contributed by atoms with E-state index < -0.39 is 0 Å². The van der Waals surface area contributed by atoms with Crippen LogP contribution in [0.1, 0.15) is 49.2 Å². The molecule has 2 aromatic heterocycles. The van der Waals surface area contributed by atoms with Crippen molar-refractivity contribution in [2.45, 2.75) is 39.3 Å². The first-order valence-electron chi connectivity index (χ1n) is 7.29. The predicted octanol–water partition coefficient (Wildman–Crippen LogP) is 1.80. The van der Waals surface area contributed by atoms with Gasteiger partial charge >= 0.3 is 0 Å². The van der Waals surface area contributed by atoms with Gasteiger partial charge in [-0.25, -0.2) is 9.97 Å². The van der Waals surface area contributed by atoms with E-state index >= 15 is 0 Å². The highest BCUT2D eigenvalue weighted by atomic mass is 16.5. The van der Waals surface area contributed by atoms with Gasteiger partial charge in [-0.3, -0.25) is 10.00 Å². The third-order valence-corrected chi connectivity index (χ3v) is 3.55. The van der Waals surface area contributed by atoms with E-state index in [4.69, 9.17) is 9.15 Å². The lowest BCUT2D eigenvalue weighted by Gasteiger charge is -2.30. The number of aromatic amines is 1. The maximum absolute atomic E-state index is 5.76. The molecule has 0 unspecified atom stereocenters. The number of aryl methyl sites for hydroxylation is 1. The Hall–Kier alpha value is -1.73. The van der Waals surface area contributed by atoms with Crippen LogP contribution in [0.4, 0.5) is 0 Å². The highest BCUT2D eigenvalue weighted by Crippen LogP contribution is 2.21. The summed E-state index contributed by atoms with van der Waals surface area (Å²) in [4.78, 5) is 11.0. The molecule has 1 atom stereocenters. The molecule has 7 nitrogen and oxygen atoms in total. The van der Waals surface area contributed by atoms with Crippen LogP contribution < -0.4 is 0 Å². The quantitative estimate of drug-likeness (QED) is 0.925. The fraction of sp³-hybridized carbons (Fsp3) is 0.643. The van der Waals surface area contributed by atoms with Crippen LogP contribution >= 0.6 is 0 Å². The first-order valence-corrected chi connectivity index (χ1v) is 7.29. The Morgan fingerprint density at radius 3 is 3.00 bits per heavy atom. The minimum Gasteiger partial charge on any atom is -0.444 e. The van der Waals surface area contributed by atoms with Gasteiger partial charge in [-0.1, -0.05) is 13.8 Å². The molecule has 0 saturated carbocycles. The van der Waals surface area contributed by atoms with Gasteiger partial charge in [0.25, 0.3) is 0 Å². The van der Waals surface area contributed by atoms with Crippen LogP contribution in [0.25, 0.3) is 0 Å². The molecule has 1 aliphatic heterocycles. The van der Waals surface area contributed by atoms with Gasteiger partial charge in [0.1, 0.15) is 17.7 Å². The second kappa shape index (κ2) is 5.95. The number of ether oxygens (including phenoxy) is 1. The summed E-state index contributed by atoms with van der Waals surface area (Å²) >= 11 is 0. The van der Waals surface area contributed by atoms with E-state index in [2.05, 4.69) is 38.9 Å². The van der Waals surface area contributed by atoms with Gasteiger partial charge in [0, 0.05) is 19.0 Å². The minimum absolute atomic E-state index is 0.0942. The molecule has 21 heavy (non-hydrogen) atoms. The third kappa shape index (κ3) is 3.30. The zero-order valence-corrected chi connectivity index (χ0v) is 12.7. The zero-order chi connectivity index (χ0) is 14.8. The smallest absolute Gasteiger partial charge is 0.208 e. The lowest BCUT2D eigenvalue weighted by atomic mass is 10.2. The van der Waals surface area contributed by atoms with Crippen LogP contribution in [0.5, 0.6) is 0 Å². The molecule has 0 bridgehead atoms. The Bertz CT molecular complexity index is 592. The average molecular weight is 291 g/mol. The van der Waals surface area contributed by atoms with Crippen LogP contribution in [-0.2, 0) is 11.3 Å². The normalized spacial score (nSPS) is 20.3. The van der Waals surface area contributed by atoms with E-state index in [9.17, 15) is 0 Å². The van der Waals surface area contributed by atoms with Crippen molar-refractivity contribution < 1.29 is 9.15 Å². The Morgan fingerprint density at radius 2 is 2.33 bits per heavy atom. The van der Waals surface area contributed by atoms with Crippen LogP contribution in [0.15, 0.2) is 10.6 Å². The largest absolute Gasteiger partial charge is 0.444 e. The highest BCUT2D eigenvalue weighted by molar-refractivity contribution is 5.00. The third-order valence-electron chi connectivity index (χ3n) is 3.55. The summed E-state index contributed by atoms with van der Waals surface area (Å²) in [5.74, 6) is 3.57. The van der Waals surface area contributed by atoms with E-state index in [0.29, 0.717) is 24.9 Å². The van der Waals surface area contributed by atoms with Crippen LogP contribution in [-0.4, -0.2) is 44.8 Å². The van der Waals surface area contributed by atoms with Crippen molar-refractivity contribution >= 4 is 0 Å². The molecular formula is C14H21N5O2. The summed E-state index contributed by atoms with van der Waals surface area (Å²) in [5.41, 5.74) is 0. The fourth-order valence-corrected chi connectivity index (χ4v) is 2.36. The Labute approximate surface area is 123 Å². The summed E-state index contributed by atoms with van der Waals surface area (Å²) in [6.45, 7) is 9.04. The molecule has 0 aromatic carbocycles. The summed E-state index contributed by atoms with van der Waals surface area (Å²) in [6, 6.07) is 0. The lowest BCUT2D eigenvalue weighted by molar-refractivity contribution is -0.0393. The number of aromatic nitrogens is 4. The minimum atomic E-state index is -0.0942. The van der Waals surface area contributed by atoms with Crippen LogP contribution in [0.3, 0.4) is 0 Å². The summed E-state index contributed by atoms with van der Waals surface area (Å²) < 4.78 is 11.5. The first kappa shape index (κ1) is 14.2. The van der Waals surface area contributed by atoms with E-state index in [1.165, 1.54) is 0 Å². The summed E-state index contributed by atoms with van der Waals surface area (Å²) in [5, 5.41) is 7.04. The Balaban J connectivity index is 1.63. The molecular weight excluding hydrogens is 270 g/mol. The topological polar surface area (TPSA) is 80.1 Å². The van der Waals surface area contributed by atoms with Gasteiger partial charge in [0.05, 0.1) is 19.3 Å². The first-order chi connectivity index (χ1) is 10.1. The van der Waals surface area contributed by atoms with Crippen LogP contribution in [0.2, 0.25) is 0 Å². The highest BCUT2D eigenvalue weighted by Gasteiger charge is 2.26. The van der Waals surface area contributed by atoms with Gasteiger partial charge in [-0.05, 0) is 6.92 Å². The number of rotatable bonds is 4. The van der Waals surface area contributed by atoms with E-state index in [1.54, 1.807) is 0 Å². The van der Waals surface area contributed by atoms with Crippen molar-refractivity contribution in [3.05, 3.63) is 29.5 Å². The molecule has 2 aromatic rings. The maximum atomic E-state index is 5.76. The number of hydrogen-bond donors (Lipinski definition) is 1. The number of nitrogens with one attached hydrogen (secondary N) is 1. The fourth-order valence-electron chi connectivity index (χ4n) is 2.36. The molecule has 1 fully saturated rings. The monoisotopic (exact) mass is 291 g/mol. The molecule has 114 valence electrons. The van der Waals surface area contributed by atoms with E-state index in [0.717, 1.165) is 30.6 Å². The molecule has 1 N–H and O–H groups in total. The molecule has 3 rings (SSSR count). The van der Waals surface area contributed by atoms with Crippen molar-refractivity contribution in [2.75, 3.05) is 19.7 Å². The molecule has 7 heteroatoms. The van der Waals surface area contributed by atoms with Gasteiger partial charge < -0.3 is 9.15 Å². The molecule has 0 aliphatic carbocycles. The Morgan fingerprint density at radius 1 is 1.48 bits per heavy atom. The number of morpholine rings is 1. The van der Waals surface area contributed by atoms with Crippen molar-refractivity contribution in [1.82, 2.24) is 25.1 Å². The lowest BCUT2D eigenvalue weighted by Crippen LogP contribution is -2.38. The van der Waals surface area contributed by atoms with E-state index in [1.807, 2.05) is 13.1 Å². The SMILES string of the molecule is Cc1nc([C@H]2CN(Cc3ncc(C(C)C)o3)CCO2)n[nH]1. The summed E-state index contributed by atoms with van der Waals surface area (Å²) in [7, 11) is 0. The molecule has 0 radical (unpaired) electrons. The van der Waals surface area contributed by atoms with Crippen molar-refractivity contribution in [3.8, 4) is 0 Å². The summed E-state index contributed by atoms with van der Waals surface area (Å²) in [6.07, 6.45) is 1.72. The van der Waals surface area contributed by atoms with Crippen molar-refractivity contribution in [1.29, 1.82) is 0 Å². The predicted molar refractivity (Wildman–Crippen MR) is 75.7 cm³/mol. The molecule has 1 aliphatic rings. The van der Waals surface area contributed by atoms with Crippen molar-refractivity contribution in [2.24, 2.45) is 0 Å². The second-order valence-corrected chi connectivity index (χ2v) is 5.68. The van der Waals surface area contributed by atoms with Gasteiger partial charge in [-0.15, -0.1) is 0 Å². The molecule has 0 amide bonds. The van der Waals surface area contributed by atoms with Crippen LogP contribution in [0, 0.1) is 6.92 Å². The zero-order valence-electron chi connectivity index (χ0n) is 12.7. The number of hydrogen-bond acceptors (Lipinski definition) is 6. The maximum Gasteiger partial charge on any atom is 0.208 e. The number of H-pyrrole nitrogens is 1. The van der Waals surface area contributed by atoms with Gasteiger partial charge in [0.15, 0.2) is 5.82 Å². The molecule has 0 spiro atoms.